The van der Waals surface area contributed by atoms with Crippen LogP contribution in [0, 0.1) is 6.92 Å². The van der Waals surface area contributed by atoms with E-state index in [9.17, 15) is 0 Å². The van der Waals surface area contributed by atoms with Crippen molar-refractivity contribution in [3.05, 3.63) is 20.6 Å². The molecule has 1 fully saturated rings. The first-order valence-corrected chi connectivity index (χ1v) is 9.52. The molecule has 0 bridgehead atoms. The van der Waals surface area contributed by atoms with Crippen LogP contribution in [0.2, 0.25) is 0 Å². The van der Waals surface area contributed by atoms with Crippen LogP contribution in [0.25, 0.3) is 11.0 Å². The Hall–Kier alpha value is -0.590. The number of nitrogens with zero attached hydrogens (tertiary/aromatic N) is 2. The minimum Gasteiger partial charge on any atom is -0.356 e. The summed E-state index contributed by atoms with van der Waals surface area (Å²) in [6.45, 7) is 3.69. The number of fused-ring (bicyclic) bond motifs is 1. The van der Waals surface area contributed by atoms with Crippen LogP contribution >= 0.6 is 31.9 Å². The minimum atomic E-state index is 0.554. The van der Waals surface area contributed by atoms with Gasteiger partial charge in [0, 0.05) is 21.5 Å². The van der Waals surface area contributed by atoms with Crippen LogP contribution < -0.4 is 11.1 Å². The molecule has 1 aliphatic carbocycles. The fourth-order valence-electron chi connectivity index (χ4n) is 3.28. The number of hydrogen-bond acceptors (Lipinski definition) is 3. The fraction of sp³-hybridized carbons (Fsp3) is 0.562. The van der Waals surface area contributed by atoms with Gasteiger partial charge in [0.15, 0.2) is 0 Å². The second-order valence-electron chi connectivity index (χ2n) is 5.98. The fourth-order valence-corrected chi connectivity index (χ4v) is 4.10. The van der Waals surface area contributed by atoms with E-state index in [0.29, 0.717) is 12.6 Å². The second kappa shape index (κ2) is 6.89. The molecule has 1 aliphatic rings. The van der Waals surface area contributed by atoms with E-state index in [-0.39, 0.29) is 0 Å². The smallest absolute Gasteiger partial charge is 0.204 e. The normalized spacial score (nSPS) is 15.8. The summed E-state index contributed by atoms with van der Waals surface area (Å²) in [4.78, 5) is 4.89. The van der Waals surface area contributed by atoms with Crippen molar-refractivity contribution in [3.63, 3.8) is 0 Å². The van der Waals surface area contributed by atoms with E-state index in [2.05, 4.69) is 54.7 Å². The molecular formula is C16H22Br2N4. The summed E-state index contributed by atoms with van der Waals surface area (Å²) in [6, 6.07) is 2.74. The van der Waals surface area contributed by atoms with Gasteiger partial charge in [-0.2, -0.15) is 0 Å². The van der Waals surface area contributed by atoms with Gasteiger partial charge in [-0.1, -0.05) is 12.8 Å². The van der Waals surface area contributed by atoms with Gasteiger partial charge in [-0.3, -0.25) is 0 Å². The van der Waals surface area contributed by atoms with Crippen molar-refractivity contribution in [2.75, 3.05) is 18.4 Å². The van der Waals surface area contributed by atoms with E-state index >= 15 is 0 Å². The van der Waals surface area contributed by atoms with Gasteiger partial charge in [-0.25, -0.2) is 4.98 Å². The van der Waals surface area contributed by atoms with Crippen LogP contribution in [0.1, 0.15) is 43.7 Å². The van der Waals surface area contributed by atoms with E-state index in [1.54, 1.807) is 0 Å². The van der Waals surface area contributed by atoms with Crippen molar-refractivity contribution in [1.29, 1.82) is 0 Å². The van der Waals surface area contributed by atoms with Gasteiger partial charge in [-0.15, -0.1) is 0 Å². The molecule has 0 atom stereocenters. The van der Waals surface area contributed by atoms with Gasteiger partial charge < -0.3 is 15.6 Å². The first-order chi connectivity index (χ1) is 10.6. The van der Waals surface area contributed by atoms with Crippen LogP contribution in [0.15, 0.2) is 15.0 Å². The summed E-state index contributed by atoms with van der Waals surface area (Å²) < 4.78 is 4.58. The van der Waals surface area contributed by atoms with E-state index in [1.807, 2.05) is 0 Å². The molecule has 0 unspecified atom stereocenters. The quantitative estimate of drug-likeness (QED) is 0.674. The molecule has 0 saturated heterocycles. The Labute approximate surface area is 148 Å². The lowest BCUT2D eigenvalue weighted by molar-refractivity contribution is 0.536. The molecule has 4 nitrogen and oxygen atoms in total. The number of aromatic nitrogens is 2. The molecule has 0 radical (unpaired) electrons. The molecule has 1 heterocycles. The third kappa shape index (κ3) is 2.93. The molecule has 2 aromatic rings. The summed E-state index contributed by atoms with van der Waals surface area (Å²) in [5.41, 5.74) is 9.09. The van der Waals surface area contributed by atoms with Crippen LogP contribution in [0.4, 0.5) is 5.95 Å². The van der Waals surface area contributed by atoms with Crippen LogP contribution in [0.5, 0.6) is 0 Å². The van der Waals surface area contributed by atoms with Gasteiger partial charge in [0.05, 0.1) is 11.0 Å². The molecule has 120 valence electrons. The van der Waals surface area contributed by atoms with Gasteiger partial charge in [0.1, 0.15) is 0 Å². The van der Waals surface area contributed by atoms with E-state index in [4.69, 9.17) is 10.7 Å². The average molecular weight is 430 g/mol. The molecule has 6 heteroatoms. The molecule has 1 aromatic carbocycles. The molecule has 0 amide bonds. The predicted octanol–water partition coefficient (Wildman–Crippen LogP) is 4.75. The van der Waals surface area contributed by atoms with Crippen molar-refractivity contribution in [2.24, 2.45) is 5.73 Å². The van der Waals surface area contributed by atoms with Crippen molar-refractivity contribution in [2.45, 2.75) is 45.1 Å². The summed E-state index contributed by atoms with van der Waals surface area (Å²) in [5.74, 6) is 0.989. The number of aryl methyl sites for hydroxylation is 1. The Morgan fingerprint density at radius 2 is 2.09 bits per heavy atom. The minimum absolute atomic E-state index is 0.554. The number of halogens is 2. The van der Waals surface area contributed by atoms with Gasteiger partial charge >= 0.3 is 0 Å². The summed E-state index contributed by atoms with van der Waals surface area (Å²) >= 11 is 7.31. The van der Waals surface area contributed by atoms with Crippen molar-refractivity contribution in [1.82, 2.24) is 9.55 Å². The zero-order valence-corrected chi connectivity index (χ0v) is 16.0. The third-order valence-corrected chi connectivity index (χ3v) is 6.64. The first-order valence-electron chi connectivity index (χ1n) is 7.94. The van der Waals surface area contributed by atoms with Crippen molar-refractivity contribution in [3.8, 4) is 0 Å². The predicted molar refractivity (Wildman–Crippen MR) is 99.5 cm³/mol. The molecular weight excluding hydrogens is 408 g/mol. The van der Waals surface area contributed by atoms with Crippen LogP contribution in [-0.4, -0.2) is 22.6 Å². The number of nitrogens with one attached hydrogen (secondary N) is 1. The highest BCUT2D eigenvalue weighted by molar-refractivity contribution is 9.13. The summed E-state index contributed by atoms with van der Waals surface area (Å²) in [6.07, 6.45) is 6.06. The Morgan fingerprint density at radius 3 is 2.77 bits per heavy atom. The Bertz CT molecular complexity index is 675. The van der Waals surface area contributed by atoms with Crippen LogP contribution in [0.3, 0.4) is 0 Å². The SMILES string of the molecule is Cc1c(Br)c(Br)cc2c1nc(NCCCN)n2C1CCCC1. The second-order valence-corrected chi connectivity index (χ2v) is 7.63. The molecule has 0 spiro atoms. The third-order valence-electron chi connectivity index (χ3n) is 4.46. The zero-order chi connectivity index (χ0) is 15.7. The average Bonchev–Trinajstić information content (AvgIpc) is 3.12. The number of anilines is 1. The zero-order valence-electron chi connectivity index (χ0n) is 12.8. The topological polar surface area (TPSA) is 55.9 Å². The maximum Gasteiger partial charge on any atom is 0.204 e. The summed E-state index contributed by atoms with van der Waals surface area (Å²) in [7, 11) is 0. The molecule has 3 rings (SSSR count). The number of hydrogen-bond donors (Lipinski definition) is 2. The van der Waals surface area contributed by atoms with Gasteiger partial charge in [-0.05, 0) is 76.2 Å². The van der Waals surface area contributed by atoms with E-state index in [1.165, 1.54) is 36.8 Å². The molecule has 1 saturated carbocycles. The molecule has 0 aliphatic heterocycles. The Kier molecular flexibility index (Phi) is 5.10. The Balaban J connectivity index is 2.11. The van der Waals surface area contributed by atoms with Crippen molar-refractivity contribution < 1.29 is 0 Å². The Morgan fingerprint density at radius 1 is 1.36 bits per heavy atom. The van der Waals surface area contributed by atoms with Crippen molar-refractivity contribution >= 4 is 48.8 Å². The van der Waals surface area contributed by atoms with E-state index < -0.39 is 0 Å². The van der Waals surface area contributed by atoms with Gasteiger partial charge in [0.25, 0.3) is 0 Å². The van der Waals surface area contributed by atoms with E-state index in [0.717, 1.165) is 33.4 Å². The molecule has 3 N–H and O–H groups in total. The lowest BCUT2D eigenvalue weighted by Gasteiger charge is -2.17. The molecule has 1 aromatic heterocycles. The number of nitrogens with two attached hydrogens (primary N) is 1. The highest BCUT2D eigenvalue weighted by atomic mass is 79.9. The number of benzene rings is 1. The lowest BCUT2D eigenvalue weighted by atomic mass is 10.2. The number of rotatable bonds is 5. The first kappa shape index (κ1) is 16.3. The standard InChI is InChI=1S/C16H22Br2N4/c1-10-14(18)12(17)9-13-15(10)21-16(20-8-4-7-19)22(13)11-5-2-3-6-11/h9,11H,2-8,19H2,1H3,(H,20,21). The van der Waals surface area contributed by atoms with Crippen LogP contribution in [-0.2, 0) is 0 Å². The highest BCUT2D eigenvalue weighted by Gasteiger charge is 2.24. The maximum atomic E-state index is 5.61. The number of imidazole rings is 1. The molecule has 22 heavy (non-hydrogen) atoms. The monoisotopic (exact) mass is 428 g/mol. The maximum absolute atomic E-state index is 5.61. The van der Waals surface area contributed by atoms with Gasteiger partial charge in [0.2, 0.25) is 5.95 Å². The largest absolute Gasteiger partial charge is 0.356 e. The highest BCUT2D eigenvalue weighted by Crippen LogP contribution is 2.39. The summed E-state index contributed by atoms with van der Waals surface area (Å²) in [5, 5.41) is 3.49. The lowest BCUT2D eigenvalue weighted by Crippen LogP contribution is -2.14.